The van der Waals surface area contributed by atoms with Crippen molar-refractivity contribution < 1.29 is 4.39 Å². The van der Waals surface area contributed by atoms with E-state index in [0.29, 0.717) is 22.5 Å². The number of nitrogens with one attached hydrogen (secondary N) is 1. The van der Waals surface area contributed by atoms with Crippen LogP contribution >= 0.6 is 27.7 Å². The van der Waals surface area contributed by atoms with Crippen LogP contribution in [0, 0.1) is 11.7 Å². The first kappa shape index (κ1) is 10.2. The molecule has 76 valence electrons. The van der Waals surface area contributed by atoms with Gasteiger partial charge in [0.2, 0.25) is 0 Å². The van der Waals surface area contributed by atoms with Crippen molar-refractivity contribution in [1.29, 1.82) is 0 Å². The lowest BCUT2D eigenvalue weighted by atomic mass is 10.1. The molecule has 0 aromatic heterocycles. The molecule has 0 amide bonds. The lowest BCUT2D eigenvalue weighted by Crippen LogP contribution is -1.91. The van der Waals surface area contributed by atoms with Crippen molar-refractivity contribution in [2.45, 2.75) is 19.3 Å². The molecule has 1 aliphatic rings. The standard InChI is InChI=1S/C10H10BrClFN/c1-5-2-6(5)7-3-10(14-11)9(13)4-8(7)12/h3-6,14H,2H2,1H3/t5-,6-/m1/s1. The summed E-state index contributed by atoms with van der Waals surface area (Å²) in [4.78, 5) is 0. The van der Waals surface area contributed by atoms with Crippen LogP contribution in [0.1, 0.15) is 24.8 Å². The van der Waals surface area contributed by atoms with E-state index in [1.807, 2.05) is 0 Å². The number of anilines is 1. The van der Waals surface area contributed by atoms with Crippen molar-refractivity contribution in [3.05, 3.63) is 28.5 Å². The minimum absolute atomic E-state index is 0.330. The van der Waals surface area contributed by atoms with Crippen LogP contribution in [0.25, 0.3) is 0 Å². The van der Waals surface area contributed by atoms with Crippen LogP contribution in [0.15, 0.2) is 12.1 Å². The molecule has 1 nitrogen and oxygen atoms in total. The molecule has 14 heavy (non-hydrogen) atoms. The highest BCUT2D eigenvalue weighted by atomic mass is 79.9. The summed E-state index contributed by atoms with van der Waals surface area (Å²) in [5.41, 5.74) is 1.49. The minimum atomic E-state index is -0.330. The molecule has 0 unspecified atom stereocenters. The molecule has 1 aromatic rings. The zero-order valence-corrected chi connectivity index (χ0v) is 9.99. The topological polar surface area (TPSA) is 12.0 Å². The summed E-state index contributed by atoms with van der Waals surface area (Å²) in [5.74, 6) is 0.841. The van der Waals surface area contributed by atoms with E-state index < -0.39 is 0 Å². The molecule has 1 aliphatic carbocycles. The van der Waals surface area contributed by atoms with Gasteiger partial charge in [-0.25, -0.2) is 4.39 Å². The summed E-state index contributed by atoms with van der Waals surface area (Å²) in [6.45, 7) is 2.17. The maximum Gasteiger partial charge on any atom is 0.148 e. The predicted octanol–water partition coefficient (Wildman–Crippen LogP) is 4.32. The number of hydrogen-bond acceptors (Lipinski definition) is 1. The number of halogens is 3. The highest BCUT2D eigenvalue weighted by molar-refractivity contribution is 9.10. The molecular formula is C10H10BrClFN. The second-order valence-corrected chi connectivity index (χ2v) is 4.57. The normalized spacial score (nSPS) is 24.9. The van der Waals surface area contributed by atoms with Gasteiger partial charge in [0, 0.05) is 21.2 Å². The van der Waals surface area contributed by atoms with Gasteiger partial charge in [-0.05, 0) is 36.0 Å². The van der Waals surface area contributed by atoms with Gasteiger partial charge >= 0.3 is 0 Å². The Morgan fingerprint density at radius 2 is 2.21 bits per heavy atom. The predicted molar refractivity (Wildman–Crippen MR) is 60.5 cm³/mol. The van der Waals surface area contributed by atoms with E-state index in [9.17, 15) is 4.39 Å². The molecule has 2 rings (SSSR count). The second-order valence-electron chi connectivity index (χ2n) is 3.77. The molecule has 0 saturated heterocycles. The number of hydrogen-bond donors (Lipinski definition) is 1. The monoisotopic (exact) mass is 277 g/mol. The second kappa shape index (κ2) is 3.70. The molecule has 1 saturated carbocycles. The fraction of sp³-hybridized carbons (Fsp3) is 0.400. The van der Waals surface area contributed by atoms with Crippen molar-refractivity contribution in [2.75, 3.05) is 4.34 Å². The Balaban J connectivity index is 2.40. The molecule has 1 fully saturated rings. The van der Waals surface area contributed by atoms with Crippen LogP contribution in [0.2, 0.25) is 5.02 Å². The summed E-state index contributed by atoms with van der Waals surface area (Å²) >= 11 is 8.99. The highest BCUT2D eigenvalue weighted by Gasteiger charge is 2.35. The van der Waals surface area contributed by atoms with Gasteiger partial charge < -0.3 is 4.34 Å². The molecule has 0 spiro atoms. The fourth-order valence-electron chi connectivity index (χ4n) is 1.68. The third-order valence-corrected chi connectivity index (χ3v) is 3.45. The van der Waals surface area contributed by atoms with Crippen molar-refractivity contribution >= 4 is 33.4 Å². The van der Waals surface area contributed by atoms with Crippen molar-refractivity contribution in [1.82, 2.24) is 0 Å². The van der Waals surface area contributed by atoms with Crippen molar-refractivity contribution in [3.63, 3.8) is 0 Å². The van der Waals surface area contributed by atoms with Gasteiger partial charge in [0.1, 0.15) is 5.82 Å². The Morgan fingerprint density at radius 1 is 1.57 bits per heavy atom. The van der Waals surface area contributed by atoms with Gasteiger partial charge in [0.25, 0.3) is 0 Å². The van der Waals surface area contributed by atoms with Gasteiger partial charge in [-0.2, -0.15) is 0 Å². The van der Waals surface area contributed by atoms with Gasteiger partial charge in [0.15, 0.2) is 0 Å². The highest BCUT2D eigenvalue weighted by Crippen LogP contribution is 2.50. The van der Waals surface area contributed by atoms with E-state index in [-0.39, 0.29) is 5.82 Å². The molecule has 2 atom stereocenters. The quantitative estimate of drug-likeness (QED) is 0.794. The summed E-state index contributed by atoms with van der Waals surface area (Å²) < 4.78 is 15.9. The van der Waals surface area contributed by atoms with Crippen LogP contribution in [0.5, 0.6) is 0 Å². The Kier molecular flexibility index (Phi) is 2.71. The van der Waals surface area contributed by atoms with E-state index in [0.717, 1.165) is 12.0 Å². The molecule has 0 radical (unpaired) electrons. The van der Waals surface area contributed by atoms with Crippen molar-refractivity contribution in [2.24, 2.45) is 5.92 Å². The van der Waals surface area contributed by atoms with E-state index in [4.69, 9.17) is 11.6 Å². The zero-order chi connectivity index (χ0) is 10.3. The van der Waals surface area contributed by atoms with Crippen LogP contribution in [-0.2, 0) is 0 Å². The van der Waals surface area contributed by atoms with E-state index in [1.54, 1.807) is 6.07 Å². The summed E-state index contributed by atoms with van der Waals surface area (Å²) in [5, 5.41) is 0.531. The van der Waals surface area contributed by atoms with E-state index in [1.165, 1.54) is 6.07 Å². The lowest BCUT2D eigenvalue weighted by molar-refractivity contribution is 0.632. The van der Waals surface area contributed by atoms with Gasteiger partial charge in [-0.1, -0.05) is 18.5 Å². The average molecular weight is 279 g/mol. The third kappa shape index (κ3) is 1.75. The summed E-state index contributed by atoms with van der Waals surface area (Å²) in [7, 11) is 0. The Labute approximate surface area is 96.0 Å². The molecular weight excluding hydrogens is 268 g/mol. The largest absolute Gasteiger partial charge is 0.320 e. The fourth-order valence-corrected chi connectivity index (χ4v) is 2.27. The number of benzene rings is 1. The Hall–Kier alpha value is -0.280. The van der Waals surface area contributed by atoms with Crippen LogP contribution < -0.4 is 4.34 Å². The Morgan fingerprint density at radius 3 is 2.71 bits per heavy atom. The van der Waals surface area contributed by atoms with Crippen LogP contribution in [0.3, 0.4) is 0 Å². The molecule has 0 bridgehead atoms. The summed E-state index contributed by atoms with van der Waals surface area (Å²) in [6.07, 6.45) is 1.15. The lowest BCUT2D eigenvalue weighted by Gasteiger charge is -2.07. The van der Waals surface area contributed by atoms with Gasteiger partial charge in [-0.3, -0.25) is 0 Å². The molecule has 4 heteroatoms. The smallest absolute Gasteiger partial charge is 0.148 e. The third-order valence-electron chi connectivity index (χ3n) is 2.70. The average Bonchev–Trinajstić information content (AvgIpc) is 2.83. The maximum atomic E-state index is 13.2. The van der Waals surface area contributed by atoms with E-state index >= 15 is 0 Å². The number of rotatable bonds is 2. The molecule has 1 aromatic carbocycles. The summed E-state index contributed by atoms with van der Waals surface area (Å²) in [6, 6.07) is 3.14. The van der Waals surface area contributed by atoms with Crippen LogP contribution in [-0.4, -0.2) is 0 Å². The molecule has 1 N–H and O–H groups in total. The maximum absolute atomic E-state index is 13.2. The van der Waals surface area contributed by atoms with Crippen molar-refractivity contribution in [3.8, 4) is 0 Å². The molecule has 0 aliphatic heterocycles. The zero-order valence-electron chi connectivity index (χ0n) is 7.65. The first-order chi connectivity index (χ1) is 6.63. The van der Waals surface area contributed by atoms with Gasteiger partial charge in [-0.15, -0.1) is 0 Å². The first-order valence-corrected chi connectivity index (χ1v) is 5.66. The van der Waals surface area contributed by atoms with Crippen LogP contribution in [0.4, 0.5) is 10.1 Å². The molecule has 0 heterocycles. The first-order valence-electron chi connectivity index (χ1n) is 4.49. The van der Waals surface area contributed by atoms with Gasteiger partial charge in [0.05, 0.1) is 5.69 Å². The SMILES string of the molecule is C[C@@H]1C[C@H]1c1cc(NBr)c(F)cc1Cl. The Bertz CT molecular complexity index is 369. The minimum Gasteiger partial charge on any atom is -0.320 e. The van der Waals surface area contributed by atoms with E-state index in [2.05, 4.69) is 27.4 Å².